The number of halogens is 4. The summed E-state index contributed by atoms with van der Waals surface area (Å²) in [5.41, 5.74) is 0.699. The summed E-state index contributed by atoms with van der Waals surface area (Å²) in [6.07, 6.45) is -4.68. The van der Waals surface area contributed by atoms with E-state index < -0.39 is 18.8 Å². The third kappa shape index (κ3) is 5.84. The number of hydrogen-bond acceptors (Lipinski definition) is 2. The monoisotopic (exact) mass is 325 g/mol. The van der Waals surface area contributed by atoms with E-state index in [0.29, 0.717) is 5.56 Å². The number of aliphatic hydroxyl groups excluding tert-OH is 1. The molecule has 1 rings (SSSR count). The molecule has 0 fully saturated rings. The Kier molecular flexibility index (Phi) is 5.62. The van der Waals surface area contributed by atoms with Crippen molar-refractivity contribution in [2.45, 2.75) is 18.7 Å². The van der Waals surface area contributed by atoms with Crippen LogP contribution in [-0.2, 0) is 0 Å². The molecule has 0 aliphatic rings. The summed E-state index contributed by atoms with van der Waals surface area (Å²) >= 11 is 3.28. The van der Waals surface area contributed by atoms with Crippen LogP contribution in [-0.4, -0.2) is 36.3 Å². The van der Waals surface area contributed by atoms with E-state index in [1.807, 2.05) is 6.07 Å². The lowest BCUT2D eigenvalue weighted by atomic mass is 10.1. The maximum atomic E-state index is 12.1. The van der Waals surface area contributed by atoms with Gasteiger partial charge >= 0.3 is 6.18 Å². The molecule has 18 heavy (non-hydrogen) atoms. The van der Waals surface area contributed by atoms with Crippen LogP contribution in [0.3, 0.4) is 0 Å². The lowest BCUT2D eigenvalue weighted by molar-refractivity contribution is -0.143. The number of benzene rings is 1. The first kappa shape index (κ1) is 15.5. The zero-order chi connectivity index (χ0) is 13.8. The van der Waals surface area contributed by atoms with Crippen molar-refractivity contribution in [1.82, 2.24) is 4.90 Å². The van der Waals surface area contributed by atoms with Gasteiger partial charge in [-0.1, -0.05) is 28.1 Å². The Morgan fingerprint density at radius 3 is 2.61 bits per heavy atom. The first-order valence-corrected chi connectivity index (χ1v) is 6.26. The lowest BCUT2D eigenvalue weighted by Gasteiger charge is -2.20. The van der Waals surface area contributed by atoms with Crippen molar-refractivity contribution in [3.63, 3.8) is 0 Å². The fraction of sp³-hybridized carbons (Fsp3) is 0.500. The predicted octanol–water partition coefficient (Wildman–Crippen LogP) is 3.37. The number of aliphatic hydroxyl groups is 1. The first-order chi connectivity index (χ1) is 8.28. The molecule has 0 aliphatic heterocycles. The molecule has 0 aliphatic carbocycles. The molecule has 0 amide bonds. The Morgan fingerprint density at radius 2 is 2.06 bits per heavy atom. The fourth-order valence-electron chi connectivity index (χ4n) is 1.61. The second-order valence-corrected chi connectivity index (χ2v) is 5.13. The van der Waals surface area contributed by atoms with Crippen LogP contribution in [0.25, 0.3) is 0 Å². The van der Waals surface area contributed by atoms with Gasteiger partial charge in [0.1, 0.15) is 0 Å². The fourth-order valence-corrected chi connectivity index (χ4v) is 2.03. The summed E-state index contributed by atoms with van der Waals surface area (Å²) in [4.78, 5) is 1.15. The quantitative estimate of drug-likeness (QED) is 0.897. The minimum Gasteiger partial charge on any atom is -0.388 e. The van der Waals surface area contributed by atoms with Crippen molar-refractivity contribution >= 4 is 15.9 Å². The van der Waals surface area contributed by atoms with Crippen molar-refractivity contribution in [3.8, 4) is 0 Å². The second kappa shape index (κ2) is 6.54. The van der Waals surface area contributed by atoms with E-state index in [4.69, 9.17) is 0 Å². The van der Waals surface area contributed by atoms with E-state index in [9.17, 15) is 18.3 Å². The highest BCUT2D eigenvalue weighted by molar-refractivity contribution is 9.10. The molecular formula is C12H15BrF3NO. The van der Waals surface area contributed by atoms with E-state index >= 15 is 0 Å². The third-order valence-electron chi connectivity index (χ3n) is 2.47. The average Bonchev–Trinajstić information content (AvgIpc) is 2.23. The van der Waals surface area contributed by atoms with Gasteiger partial charge in [-0.05, 0) is 31.2 Å². The van der Waals surface area contributed by atoms with Crippen LogP contribution in [0.5, 0.6) is 0 Å². The molecule has 0 aromatic heterocycles. The van der Waals surface area contributed by atoms with Crippen LogP contribution in [0.2, 0.25) is 0 Å². The highest BCUT2D eigenvalue weighted by Gasteiger charge is 2.29. The van der Waals surface area contributed by atoms with E-state index in [1.165, 1.54) is 7.05 Å². The van der Waals surface area contributed by atoms with Gasteiger partial charge in [0.05, 0.1) is 12.6 Å². The van der Waals surface area contributed by atoms with Gasteiger partial charge in [0.2, 0.25) is 0 Å². The van der Waals surface area contributed by atoms with E-state index in [2.05, 4.69) is 15.9 Å². The molecule has 0 saturated heterocycles. The minimum absolute atomic E-state index is 0.188. The molecule has 0 saturated carbocycles. The molecule has 1 N–H and O–H groups in total. The predicted molar refractivity (Wildman–Crippen MR) is 67.3 cm³/mol. The van der Waals surface area contributed by atoms with E-state index in [0.717, 1.165) is 9.37 Å². The van der Waals surface area contributed by atoms with Crippen LogP contribution in [0.1, 0.15) is 18.1 Å². The Balaban J connectivity index is 2.44. The number of rotatable bonds is 5. The number of hydrogen-bond donors (Lipinski definition) is 1. The first-order valence-electron chi connectivity index (χ1n) is 5.47. The van der Waals surface area contributed by atoms with Crippen LogP contribution < -0.4 is 0 Å². The van der Waals surface area contributed by atoms with Gasteiger partial charge in [-0.15, -0.1) is 0 Å². The largest absolute Gasteiger partial charge is 0.401 e. The van der Waals surface area contributed by atoms with Gasteiger partial charge in [0, 0.05) is 11.0 Å². The Bertz CT molecular complexity index is 384. The summed E-state index contributed by atoms with van der Waals surface area (Å²) in [5, 5.41) is 9.86. The summed E-state index contributed by atoms with van der Waals surface area (Å²) in [7, 11) is 1.39. The molecule has 0 heterocycles. The summed E-state index contributed by atoms with van der Waals surface area (Å²) in [6, 6.07) is 7.11. The normalized spacial score (nSPS) is 13.9. The van der Waals surface area contributed by atoms with Crippen molar-refractivity contribution < 1.29 is 18.3 Å². The smallest absolute Gasteiger partial charge is 0.388 e. The molecule has 0 spiro atoms. The highest BCUT2D eigenvalue weighted by atomic mass is 79.9. The lowest BCUT2D eigenvalue weighted by Crippen LogP contribution is -2.32. The molecule has 2 nitrogen and oxygen atoms in total. The van der Waals surface area contributed by atoms with Crippen molar-refractivity contribution in [1.29, 1.82) is 0 Å². The summed E-state index contributed by atoms with van der Waals surface area (Å²) in [5.74, 6) is 0. The van der Waals surface area contributed by atoms with Gasteiger partial charge in [-0.3, -0.25) is 4.90 Å². The van der Waals surface area contributed by atoms with Crippen LogP contribution in [0.4, 0.5) is 13.2 Å². The second-order valence-electron chi connectivity index (χ2n) is 4.21. The zero-order valence-corrected chi connectivity index (χ0v) is 11.5. The topological polar surface area (TPSA) is 23.5 Å². The zero-order valence-electron chi connectivity index (χ0n) is 9.91. The summed E-state index contributed by atoms with van der Waals surface area (Å²) < 4.78 is 37.1. The average molecular weight is 326 g/mol. The molecule has 1 unspecified atom stereocenters. The van der Waals surface area contributed by atoms with Crippen LogP contribution in [0, 0.1) is 0 Å². The maximum Gasteiger partial charge on any atom is 0.401 e. The summed E-state index contributed by atoms with van der Waals surface area (Å²) in [6.45, 7) is -0.772. The van der Waals surface area contributed by atoms with Gasteiger partial charge in [-0.2, -0.15) is 13.2 Å². The standard InChI is InChI=1S/C12H15BrF3NO/c1-17(8-12(14,15)16)6-5-11(18)9-3-2-4-10(13)7-9/h2-4,7,11,18H,5-6,8H2,1H3. The number of alkyl halides is 3. The van der Waals surface area contributed by atoms with Gasteiger partial charge in [0.25, 0.3) is 0 Å². The Hall–Kier alpha value is -0.590. The SMILES string of the molecule is CN(CCC(O)c1cccc(Br)c1)CC(F)(F)F. The molecule has 102 valence electrons. The van der Waals surface area contributed by atoms with Crippen molar-refractivity contribution in [2.75, 3.05) is 20.1 Å². The molecule has 1 atom stereocenters. The molecule has 1 aromatic rings. The van der Waals surface area contributed by atoms with Crippen molar-refractivity contribution in [2.24, 2.45) is 0 Å². The van der Waals surface area contributed by atoms with Gasteiger partial charge in [-0.25, -0.2) is 0 Å². The number of nitrogens with zero attached hydrogens (tertiary/aromatic N) is 1. The molecular weight excluding hydrogens is 311 g/mol. The minimum atomic E-state index is -4.20. The Labute approximate surface area is 113 Å². The molecule has 1 aromatic carbocycles. The Morgan fingerprint density at radius 1 is 1.39 bits per heavy atom. The van der Waals surface area contributed by atoms with Crippen LogP contribution >= 0.6 is 15.9 Å². The van der Waals surface area contributed by atoms with E-state index in [-0.39, 0.29) is 13.0 Å². The molecule has 0 bridgehead atoms. The van der Waals surface area contributed by atoms with Crippen molar-refractivity contribution in [3.05, 3.63) is 34.3 Å². The third-order valence-corrected chi connectivity index (χ3v) is 2.96. The van der Waals surface area contributed by atoms with E-state index in [1.54, 1.807) is 18.2 Å². The maximum absolute atomic E-state index is 12.1. The molecule has 0 radical (unpaired) electrons. The molecule has 6 heteroatoms. The van der Waals surface area contributed by atoms with Gasteiger partial charge in [0.15, 0.2) is 0 Å². The van der Waals surface area contributed by atoms with Gasteiger partial charge < -0.3 is 5.11 Å². The highest BCUT2D eigenvalue weighted by Crippen LogP contribution is 2.21. The van der Waals surface area contributed by atoms with Crippen LogP contribution in [0.15, 0.2) is 28.7 Å².